The van der Waals surface area contributed by atoms with E-state index in [0.29, 0.717) is 26.6 Å². The first kappa shape index (κ1) is 20.3. The fraction of sp³-hybridized carbons (Fsp3) is 0.0909. The van der Waals surface area contributed by atoms with Crippen LogP contribution in [0.4, 0.5) is 0 Å². The minimum Gasteiger partial charge on any atom is -0.270 e. The molecule has 0 aliphatic carbocycles. The predicted molar refractivity (Wildman–Crippen MR) is 123 cm³/mol. The fourth-order valence-corrected chi connectivity index (χ4v) is 4.62. The van der Waals surface area contributed by atoms with Gasteiger partial charge in [-0.25, -0.2) is 0 Å². The van der Waals surface area contributed by atoms with Crippen LogP contribution in [-0.2, 0) is 5.75 Å². The van der Waals surface area contributed by atoms with E-state index in [1.165, 1.54) is 5.56 Å². The van der Waals surface area contributed by atoms with Gasteiger partial charge in [-0.2, -0.15) is 0 Å². The van der Waals surface area contributed by atoms with Crippen LogP contribution in [-0.4, -0.2) is 14.8 Å². The standard InChI is InChI=1S/C22H16Cl3N3S/c1-14-6-10-17(11-7-14)28-21(18-4-2-3-5-19(18)24)26-27-22(28)29-13-15-8-9-16(23)12-20(15)25/h2-12H,13H2,1H3. The van der Waals surface area contributed by atoms with E-state index >= 15 is 0 Å². The molecule has 0 unspecified atom stereocenters. The highest BCUT2D eigenvalue weighted by Gasteiger charge is 2.18. The lowest BCUT2D eigenvalue weighted by atomic mass is 10.2. The highest BCUT2D eigenvalue weighted by Crippen LogP contribution is 2.34. The minimum atomic E-state index is 0.618. The van der Waals surface area contributed by atoms with Gasteiger partial charge in [0.1, 0.15) is 0 Å². The molecule has 3 aromatic carbocycles. The third-order valence-corrected chi connectivity index (χ3v) is 6.31. The molecule has 4 rings (SSSR count). The molecule has 0 radical (unpaired) electrons. The molecule has 0 aliphatic rings. The Balaban J connectivity index is 1.75. The van der Waals surface area contributed by atoms with Crippen LogP contribution in [0.1, 0.15) is 11.1 Å². The van der Waals surface area contributed by atoms with Crippen molar-refractivity contribution in [2.24, 2.45) is 0 Å². The molecule has 146 valence electrons. The summed E-state index contributed by atoms with van der Waals surface area (Å²) in [7, 11) is 0. The number of rotatable bonds is 5. The Labute approximate surface area is 188 Å². The first-order valence-corrected chi connectivity index (χ1v) is 11.0. The van der Waals surface area contributed by atoms with E-state index in [0.717, 1.165) is 22.0 Å². The Morgan fingerprint density at radius 1 is 0.862 bits per heavy atom. The second-order valence-electron chi connectivity index (χ2n) is 6.48. The topological polar surface area (TPSA) is 30.7 Å². The SMILES string of the molecule is Cc1ccc(-n2c(SCc3ccc(Cl)cc3Cl)nnc2-c2ccccc2Cl)cc1. The number of halogens is 3. The highest BCUT2D eigenvalue weighted by atomic mass is 35.5. The van der Waals surface area contributed by atoms with Gasteiger partial charge in [0, 0.05) is 27.0 Å². The molecule has 0 N–H and O–H groups in total. The number of aromatic nitrogens is 3. The van der Waals surface area contributed by atoms with Crippen molar-refractivity contribution in [3.63, 3.8) is 0 Å². The lowest BCUT2D eigenvalue weighted by Crippen LogP contribution is -2.00. The summed E-state index contributed by atoms with van der Waals surface area (Å²) in [5.74, 6) is 1.34. The average Bonchev–Trinajstić information content (AvgIpc) is 3.12. The van der Waals surface area contributed by atoms with Crippen molar-refractivity contribution in [2.45, 2.75) is 17.8 Å². The minimum absolute atomic E-state index is 0.618. The summed E-state index contributed by atoms with van der Waals surface area (Å²) in [6.45, 7) is 2.06. The van der Waals surface area contributed by atoms with Gasteiger partial charge in [-0.15, -0.1) is 10.2 Å². The number of nitrogens with zero attached hydrogens (tertiary/aromatic N) is 3. The number of aryl methyl sites for hydroxylation is 1. The van der Waals surface area contributed by atoms with Crippen LogP contribution in [0.3, 0.4) is 0 Å². The second-order valence-corrected chi connectivity index (χ2v) is 8.67. The van der Waals surface area contributed by atoms with E-state index in [9.17, 15) is 0 Å². The van der Waals surface area contributed by atoms with E-state index in [1.54, 1.807) is 17.8 Å². The van der Waals surface area contributed by atoms with Gasteiger partial charge in [-0.3, -0.25) is 4.57 Å². The Bertz CT molecular complexity index is 1160. The summed E-state index contributed by atoms with van der Waals surface area (Å²) in [4.78, 5) is 0. The average molecular weight is 461 g/mol. The summed E-state index contributed by atoms with van der Waals surface area (Å²) < 4.78 is 2.02. The first-order valence-electron chi connectivity index (χ1n) is 8.87. The maximum Gasteiger partial charge on any atom is 0.196 e. The number of benzene rings is 3. The van der Waals surface area contributed by atoms with Gasteiger partial charge in [0.05, 0.1) is 5.02 Å². The molecule has 0 aliphatic heterocycles. The molecule has 7 heteroatoms. The third kappa shape index (κ3) is 4.46. The van der Waals surface area contributed by atoms with Crippen molar-refractivity contribution in [1.82, 2.24) is 14.8 Å². The Morgan fingerprint density at radius 2 is 1.62 bits per heavy atom. The largest absolute Gasteiger partial charge is 0.270 e. The number of thioether (sulfide) groups is 1. The third-order valence-electron chi connectivity index (χ3n) is 4.41. The van der Waals surface area contributed by atoms with Crippen molar-refractivity contribution in [2.75, 3.05) is 0 Å². The Morgan fingerprint density at radius 3 is 2.34 bits per heavy atom. The van der Waals surface area contributed by atoms with Gasteiger partial charge in [0.15, 0.2) is 11.0 Å². The van der Waals surface area contributed by atoms with E-state index in [-0.39, 0.29) is 0 Å². The van der Waals surface area contributed by atoms with Crippen LogP contribution < -0.4 is 0 Å². The molecule has 4 aromatic rings. The van der Waals surface area contributed by atoms with Crippen molar-refractivity contribution < 1.29 is 0 Å². The fourth-order valence-electron chi connectivity index (χ4n) is 2.89. The molecule has 1 aromatic heterocycles. The van der Waals surface area contributed by atoms with E-state index < -0.39 is 0 Å². The lowest BCUT2D eigenvalue weighted by Gasteiger charge is -2.12. The van der Waals surface area contributed by atoms with Crippen LogP contribution in [0.2, 0.25) is 15.1 Å². The molecule has 0 saturated heterocycles. The predicted octanol–water partition coefficient (Wildman–Crippen LogP) is 7.50. The van der Waals surface area contributed by atoms with E-state index in [4.69, 9.17) is 34.8 Å². The molecule has 0 atom stereocenters. The molecule has 0 amide bonds. The zero-order chi connectivity index (χ0) is 20.4. The highest BCUT2D eigenvalue weighted by molar-refractivity contribution is 7.98. The molecule has 29 heavy (non-hydrogen) atoms. The summed E-state index contributed by atoms with van der Waals surface area (Å²) in [5.41, 5.74) is 3.97. The maximum absolute atomic E-state index is 6.44. The van der Waals surface area contributed by atoms with Crippen molar-refractivity contribution in [1.29, 1.82) is 0 Å². The van der Waals surface area contributed by atoms with Gasteiger partial charge in [-0.1, -0.05) is 82.5 Å². The van der Waals surface area contributed by atoms with Crippen LogP contribution in [0, 0.1) is 6.92 Å². The molecular weight excluding hydrogens is 445 g/mol. The first-order chi connectivity index (χ1) is 14.0. The van der Waals surface area contributed by atoms with Gasteiger partial charge in [0.25, 0.3) is 0 Å². The Hall–Kier alpha value is -1.98. The molecule has 0 fully saturated rings. The second kappa shape index (κ2) is 8.80. The monoisotopic (exact) mass is 459 g/mol. The molecular formula is C22H16Cl3N3S. The normalized spacial score (nSPS) is 11.0. The lowest BCUT2D eigenvalue weighted by molar-refractivity contribution is 0.885. The molecule has 0 saturated carbocycles. The van der Waals surface area contributed by atoms with E-state index in [1.807, 2.05) is 41.0 Å². The zero-order valence-electron chi connectivity index (χ0n) is 15.4. The van der Waals surface area contributed by atoms with Gasteiger partial charge >= 0.3 is 0 Å². The molecule has 1 heterocycles. The van der Waals surface area contributed by atoms with Gasteiger partial charge in [-0.05, 0) is 48.9 Å². The summed E-state index contributed by atoms with van der Waals surface area (Å²) in [6, 6.07) is 21.4. The molecule has 0 spiro atoms. The van der Waals surface area contributed by atoms with E-state index in [2.05, 4.69) is 41.4 Å². The van der Waals surface area contributed by atoms with Crippen LogP contribution in [0.5, 0.6) is 0 Å². The maximum atomic E-state index is 6.44. The zero-order valence-corrected chi connectivity index (χ0v) is 18.5. The molecule has 3 nitrogen and oxygen atoms in total. The summed E-state index contributed by atoms with van der Waals surface area (Å²) in [5, 5.41) is 11.5. The van der Waals surface area contributed by atoms with Crippen molar-refractivity contribution in [3.05, 3.63) is 92.9 Å². The smallest absolute Gasteiger partial charge is 0.196 e. The molecule has 0 bridgehead atoms. The summed E-state index contributed by atoms with van der Waals surface area (Å²) in [6.07, 6.45) is 0. The van der Waals surface area contributed by atoms with Crippen molar-refractivity contribution >= 4 is 46.6 Å². The van der Waals surface area contributed by atoms with Crippen molar-refractivity contribution in [3.8, 4) is 17.1 Å². The van der Waals surface area contributed by atoms with Crippen LogP contribution >= 0.6 is 46.6 Å². The number of hydrogen-bond donors (Lipinski definition) is 0. The Kier molecular flexibility index (Phi) is 6.16. The quantitative estimate of drug-likeness (QED) is 0.289. The van der Waals surface area contributed by atoms with Gasteiger partial charge < -0.3 is 0 Å². The van der Waals surface area contributed by atoms with Crippen LogP contribution in [0.15, 0.2) is 71.9 Å². The number of hydrogen-bond acceptors (Lipinski definition) is 3. The summed E-state index contributed by atoms with van der Waals surface area (Å²) >= 11 is 20.3. The van der Waals surface area contributed by atoms with Gasteiger partial charge in [0.2, 0.25) is 0 Å². The van der Waals surface area contributed by atoms with Crippen LogP contribution in [0.25, 0.3) is 17.1 Å².